The molecule has 0 aliphatic rings. The summed E-state index contributed by atoms with van der Waals surface area (Å²) >= 11 is 0. The van der Waals surface area contributed by atoms with Crippen molar-refractivity contribution >= 4 is 25.8 Å². The van der Waals surface area contributed by atoms with Gasteiger partial charge in [-0.15, -0.1) is 0 Å². The lowest BCUT2D eigenvalue weighted by Gasteiger charge is -2.21. The van der Waals surface area contributed by atoms with Gasteiger partial charge in [0.05, 0.1) is 22.4 Å². The summed E-state index contributed by atoms with van der Waals surface area (Å²) in [6.07, 6.45) is 1.70. The van der Waals surface area contributed by atoms with E-state index in [1.165, 1.54) is 31.3 Å². The van der Waals surface area contributed by atoms with Crippen molar-refractivity contribution in [1.82, 2.24) is 9.62 Å². The third-order valence-corrected chi connectivity index (χ3v) is 7.50. The highest BCUT2D eigenvalue weighted by atomic mass is 32.2. The highest BCUT2D eigenvalue weighted by Crippen LogP contribution is 2.20. The number of benzene rings is 2. The van der Waals surface area contributed by atoms with Crippen LogP contribution in [0.25, 0.3) is 0 Å². The van der Waals surface area contributed by atoms with Crippen LogP contribution in [0.1, 0.15) is 30.5 Å². The number of nitrogens with zero attached hydrogens (tertiary/aromatic N) is 1. The summed E-state index contributed by atoms with van der Waals surface area (Å²) in [6, 6.07) is 12.4. The average Bonchev–Trinajstić information content (AvgIpc) is 2.65. The Balaban J connectivity index is 2.08. The van der Waals surface area contributed by atoms with E-state index in [0.29, 0.717) is 6.42 Å². The van der Waals surface area contributed by atoms with Crippen LogP contribution in [0.3, 0.4) is 0 Å². The summed E-state index contributed by atoms with van der Waals surface area (Å²) in [5, 5.41) is 2.81. The molecule has 1 atom stereocenters. The molecule has 0 saturated heterocycles. The van der Waals surface area contributed by atoms with Crippen molar-refractivity contribution in [3.63, 3.8) is 0 Å². The molecule has 7 nitrogen and oxygen atoms in total. The second-order valence-electron chi connectivity index (χ2n) is 6.94. The molecule has 0 heterocycles. The van der Waals surface area contributed by atoms with Gasteiger partial charge >= 0.3 is 0 Å². The van der Waals surface area contributed by atoms with Crippen LogP contribution in [-0.4, -0.2) is 46.9 Å². The van der Waals surface area contributed by atoms with Crippen LogP contribution in [0, 0.1) is 6.92 Å². The maximum Gasteiger partial charge on any atom is 0.243 e. The predicted molar refractivity (Wildman–Crippen MR) is 112 cm³/mol. The van der Waals surface area contributed by atoms with Gasteiger partial charge in [-0.05, 0) is 43.2 Å². The number of likely N-dealkylation sites (N-methyl/N-ethyl adjacent to an activating group) is 1. The van der Waals surface area contributed by atoms with Gasteiger partial charge in [0.2, 0.25) is 15.9 Å². The van der Waals surface area contributed by atoms with Crippen LogP contribution in [0.4, 0.5) is 0 Å². The van der Waals surface area contributed by atoms with Gasteiger partial charge in [0.1, 0.15) is 0 Å². The van der Waals surface area contributed by atoms with Gasteiger partial charge in [-0.1, -0.05) is 36.8 Å². The van der Waals surface area contributed by atoms with E-state index in [2.05, 4.69) is 5.32 Å². The van der Waals surface area contributed by atoms with E-state index >= 15 is 0 Å². The lowest BCUT2D eigenvalue weighted by Crippen LogP contribution is -2.39. The van der Waals surface area contributed by atoms with Gasteiger partial charge in [0.25, 0.3) is 0 Å². The summed E-state index contributed by atoms with van der Waals surface area (Å²) in [5.74, 6) is -0.442. The largest absolute Gasteiger partial charge is 0.348 e. The smallest absolute Gasteiger partial charge is 0.243 e. The molecule has 0 radical (unpaired) electrons. The fourth-order valence-electron chi connectivity index (χ4n) is 2.79. The molecule has 0 unspecified atom stereocenters. The van der Waals surface area contributed by atoms with Crippen molar-refractivity contribution in [2.24, 2.45) is 0 Å². The number of sulfone groups is 1. The highest BCUT2D eigenvalue weighted by Gasteiger charge is 2.24. The Bertz CT molecular complexity index is 1060. The Morgan fingerprint density at radius 1 is 0.966 bits per heavy atom. The van der Waals surface area contributed by atoms with Gasteiger partial charge in [-0.2, -0.15) is 4.31 Å². The molecule has 2 aromatic carbocycles. The van der Waals surface area contributed by atoms with Crippen molar-refractivity contribution in [2.45, 2.75) is 36.1 Å². The SMILES string of the molecule is CC[C@@H](NC(=O)CN(C)S(=O)(=O)c1ccc(C)cc1)c1ccc(S(C)(=O)=O)cc1. The molecule has 0 saturated carbocycles. The first kappa shape index (κ1) is 23.1. The third kappa shape index (κ3) is 5.88. The molecular weight excluding hydrogens is 412 g/mol. The first-order valence-electron chi connectivity index (χ1n) is 9.07. The summed E-state index contributed by atoms with van der Waals surface area (Å²) in [7, 11) is -5.71. The van der Waals surface area contributed by atoms with Crippen LogP contribution >= 0.6 is 0 Å². The second-order valence-corrected chi connectivity index (χ2v) is 11.0. The molecule has 0 aliphatic heterocycles. The standard InChI is InChI=1S/C20H26N2O5S2/c1-5-19(16-8-12-17(13-9-16)28(4,24)25)21-20(23)14-22(3)29(26,27)18-10-6-15(2)7-11-18/h6-13,19H,5,14H2,1-4H3,(H,21,23)/t19-/m1/s1. The highest BCUT2D eigenvalue weighted by molar-refractivity contribution is 7.90. The summed E-state index contributed by atoms with van der Waals surface area (Å²) in [4.78, 5) is 12.8. The lowest BCUT2D eigenvalue weighted by molar-refractivity contribution is -0.121. The lowest BCUT2D eigenvalue weighted by atomic mass is 10.0. The van der Waals surface area contributed by atoms with Gasteiger partial charge in [0, 0.05) is 13.3 Å². The minimum Gasteiger partial charge on any atom is -0.348 e. The molecule has 0 fully saturated rings. The molecule has 2 aromatic rings. The molecule has 2 rings (SSSR count). The number of amides is 1. The Kier molecular flexibility index (Phi) is 7.20. The monoisotopic (exact) mass is 438 g/mol. The number of sulfonamides is 1. The Labute approximate surface area is 172 Å². The van der Waals surface area contributed by atoms with Gasteiger partial charge in [-0.3, -0.25) is 4.79 Å². The van der Waals surface area contributed by atoms with Crippen LogP contribution in [0.15, 0.2) is 58.3 Å². The number of hydrogen-bond acceptors (Lipinski definition) is 5. The van der Waals surface area contributed by atoms with E-state index in [4.69, 9.17) is 0 Å². The van der Waals surface area contributed by atoms with E-state index < -0.39 is 25.8 Å². The Morgan fingerprint density at radius 2 is 1.48 bits per heavy atom. The average molecular weight is 439 g/mol. The fourth-order valence-corrected chi connectivity index (χ4v) is 4.54. The number of carbonyl (C=O) groups excluding carboxylic acids is 1. The van der Waals surface area contributed by atoms with Crippen molar-refractivity contribution in [3.05, 3.63) is 59.7 Å². The first-order valence-corrected chi connectivity index (χ1v) is 12.4. The molecule has 1 amide bonds. The maximum atomic E-state index is 12.6. The van der Waals surface area contributed by atoms with Crippen molar-refractivity contribution in [2.75, 3.05) is 19.8 Å². The van der Waals surface area contributed by atoms with E-state index in [1.807, 2.05) is 13.8 Å². The Hall–Kier alpha value is -2.23. The molecule has 9 heteroatoms. The van der Waals surface area contributed by atoms with E-state index in [1.54, 1.807) is 24.3 Å². The second kappa shape index (κ2) is 9.06. The number of aryl methyl sites for hydroxylation is 1. The van der Waals surface area contributed by atoms with E-state index in [0.717, 1.165) is 21.7 Å². The number of rotatable bonds is 8. The minimum absolute atomic E-state index is 0.127. The first-order chi connectivity index (χ1) is 13.4. The van der Waals surface area contributed by atoms with E-state index in [9.17, 15) is 21.6 Å². The Morgan fingerprint density at radius 3 is 1.97 bits per heavy atom. The zero-order valence-electron chi connectivity index (χ0n) is 16.9. The fraction of sp³-hybridized carbons (Fsp3) is 0.350. The molecular formula is C20H26N2O5S2. The van der Waals surface area contributed by atoms with Crippen molar-refractivity contribution in [3.8, 4) is 0 Å². The molecule has 0 spiro atoms. The molecule has 0 bridgehead atoms. The third-order valence-electron chi connectivity index (χ3n) is 4.55. The van der Waals surface area contributed by atoms with Crippen LogP contribution in [-0.2, 0) is 24.7 Å². The summed E-state index contributed by atoms with van der Waals surface area (Å²) in [5.41, 5.74) is 1.69. The molecule has 29 heavy (non-hydrogen) atoms. The van der Waals surface area contributed by atoms with Crippen LogP contribution in [0.5, 0.6) is 0 Å². The predicted octanol–water partition coefficient (Wildman–Crippen LogP) is 2.29. The van der Waals surface area contributed by atoms with Crippen LogP contribution < -0.4 is 5.32 Å². The minimum atomic E-state index is -3.77. The maximum absolute atomic E-state index is 12.6. The topological polar surface area (TPSA) is 101 Å². The summed E-state index contributed by atoms with van der Waals surface area (Å²) in [6.45, 7) is 3.41. The van der Waals surface area contributed by atoms with Crippen molar-refractivity contribution in [1.29, 1.82) is 0 Å². The zero-order chi connectivity index (χ0) is 21.8. The normalized spacial score (nSPS) is 13.3. The number of hydrogen-bond donors (Lipinski definition) is 1. The quantitative estimate of drug-likeness (QED) is 0.681. The molecule has 0 aromatic heterocycles. The zero-order valence-corrected chi connectivity index (χ0v) is 18.5. The van der Waals surface area contributed by atoms with Gasteiger partial charge in [-0.25, -0.2) is 16.8 Å². The number of nitrogens with one attached hydrogen (secondary N) is 1. The van der Waals surface area contributed by atoms with E-state index in [-0.39, 0.29) is 22.4 Å². The molecule has 1 N–H and O–H groups in total. The van der Waals surface area contributed by atoms with Gasteiger partial charge < -0.3 is 5.32 Å². The number of carbonyl (C=O) groups is 1. The molecule has 0 aliphatic carbocycles. The summed E-state index contributed by atoms with van der Waals surface area (Å²) < 4.78 is 49.4. The van der Waals surface area contributed by atoms with Crippen LogP contribution in [0.2, 0.25) is 0 Å². The van der Waals surface area contributed by atoms with Crippen molar-refractivity contribution < 1.29 is 21.6 Å². The van der Waals surface area contributed by atoms with Gasteiger partial charge in [0.15, 0.2) is 9.84 Å². The molecule has 158 valence electrons.